The first-order valence-corrected chi connectivity index (χ1v) is 9.29. The summed E-state index contributed by atoms with van der Waals surface area (Å²) in [6, 6.07) is 13.5. The monoisotopic (exact) mass is 375 g/mol. The molecule has 7 nitrogen and oxygen atoms in total. The number of imidazole rings is 2. The van der Waals surface area contributed by atoms with Crippen LogP contribution in [-0.2, 0) is 13.0 Å². The molecule has 0 bridgehead atoms. The van der Waals surface area contributed by atoms with Gasteiger partial charge in [-0.1, -0.05) is 18.2 Å². The Morgan fingerprint density at radius 3 is 3.00 bits per heavy atom. The summed E-state index contributed by atoms with van der Waals surface area (Å²) in [6.07, 6.45) is 2.65. The number of aromatic amines is 2. The topological polar surface area (TPSA) is 90.1 Å². The molecule has 2 aromatic heterocycles. The van der Waals surface area contributed by atoms with Gasteiger partial charge in [0, 0.05) is 18.7 Å². The number of ether oxygens (including phenoxy) is 1. The fourth-order valence-electron chi connectivity index (χ4n) is 4.00. The summed E-state index contributed by atoms with van der Waals surface area (Å²) in [5, 5.41) is 9.99. The maximum Gasteiger partial charge on any atom is 0.160 e. The van der Waals surface area contributed by atoms with Crippen LogP contribution in [0.3, 0.4) is 0 Å². The van der Waals surface area contributed by atoms with Crippen molar-refractivity contribution in [1.29, 1.82) is 0 Å². The molecule has 2 aromatic carbocycles. The zero-order chi connectivity index (χ0) is 19.1. The van der Waals surface area contributed by atoms with E-state index in [9.17, 15) is 5.11 Å². The van der Waals surface area contributed by atoms with Crippen LogP contribution in [0, 0.1) is 0 Å². The minimum Gasteiger partial charge on any atom is -0.504 e. The maximum absolute atomic E-state index is 9.99. The molecule has 0 fully saturated rings. The second kappa shape index (κ2) is 6.69. The molecule has 0 saturated heterocycles. The van der Waals surface area contributed by atoms with Gasteiger partial charge < -0.3 is 19.8 Å². The average molecular weight is 375 g/mol. The SMILES string of the molecule is COc1cc([C@@H]2c3nc[nH]c3CCN2Cc2nc3ccccc3[nH]2)ccc1O. The van der Waals surface area contributed by atoms with Crippen molar-refractivity contribution in [3.8, 4) is 11.5 Å². The van der Waals surface area contributed by atoms with E-state index < -0.39 is 0 Å². The van der Waals surface area contributed by atoms with Crippen LogP contribution in [0.15, 0.2) is 48.8 Å². The standard InChI is InChI=1S/C21H21N5O2/c1-28-18-10-13(6-7-17(18)27)21-20-16(22-12-23-20)8-9-26(21)11-19-24-14-4-2-3-5-15(14)25-19/h2-7,10,12,21,27H,8-9,11H2,1H3,(H,22,23)(H,24,25)/t21-/m1/s1. The summed E-state index contributed by atoms with van der Waals surface area (Å²) >= 11 is 0. The third-order valence-corrected chi connectivity index (χ3v) is 5.34. The number of aromatic nitrogens is 4. The van der Waals surface area contributed by atoms with Crippen LogP contribution in [0.25, 0.3) is 11.0 Å². The summed E-state index contributed by atoms with van der Waals surface area (Å²) in [6.45, 7) is 1.55. The molecule has 28 heavy (non-hydrogen) atoms. The van der Waals surface area contributed by atoms with Crippen molar-refractivity contribution in [1.82, 2.24) is 24.8 Å². The molecule has 0 amide bonds. The molecular formula is C21H21N5O2. The molecule has 1 aliphatic heterocycles. The highest BCUT2D eigenvalue weighted by atomic mass is 16.5. The van der Waals surface area contributed by atoms with E-state index in [0.29, 0.717) is 12.3 Å². The van der Waals surface area contributed by atoms with Crippen LogP contribution >= 0.6 is 0 Å². The fraction of sp³-hybridized carbons (Fsp3) is 0.238. The van der Waals surface area contributed by atoms with E-state index in [-0.39, 0.29) is 11.8 Å². The Bertz CT molecular complexity index is 1100. The highest BCUT2D eigenvalue weighted by molar-refractivity contribution is 5.74. The Kier molecular flexibility index (Phi) is 4.02. The number of benzene rings is 2. The van der Waals surface area contributed by atoms with Crippen LogP contribution in [0.5, 0.6) is 11.5 Å². The quantitative estimate of drug-likeness (QED) is 0.510. The Morgan fingerprint density at radius 2 is 2.14 bits per heavy atom. The number of fused-ring (bicyclic) bond motifs is 2. The lowest BCUT2D eigenvalue weighted by atomic mass is 9.95. The van der Waals surface area contributed by atoms with E-state index in [4.69, 9.17) is 9.72 Å². The Morgan fingerprint density at radius 1 is 1.25 bits per heavy atom. The maximum atomic E-state index is 9.99. The van der Waals surface area contributed by atoms with Gasteiger partial charge in [0.2, 0.25) is 0 Å². The fourth-order valence-corrected chi connectivity index (χ4v) is 4.00. The van der Waals surface area contributed by atoms with E-state index >= 15 is 0 Å². The number of aromatic hydroxyl groups is 1. The molecule has 5 rings (SSSR count). The number of phenols is 1. The van der Waals surface area contributed by atoms with Gasteiger partial charge in [-0.05, 0) is 29.8 Å². The molecule has 0 unspecified atom stereocenters. The van der Waals surface area contributed by atoms with E-state index in [1.165, 1.54) is 0 Å². The lowest BCUT2D eigenvalue weighted by molar-refractivity contribution is 0.195. The zero-order valence-corrected chi connectivity index (χ0v) is 15.5. The highest BCUT2D eigenvalue weighted by Gasteiger charge is 2.32. The highest BCUT2D eigenvalue weighted by Crippen LogP contribution is 2.37. The molecule has 0 spiro atoms. The van der Waals surface area contributed by atoms with Crippen LogP contribution in [0.1, 0.15) is 28.8 Å². The van der Waals surface area contributed by atoms with Gasteiger partial charge in [-0.25, -0.2) is 9.97 Å². The number of para-hydroxylation sites is 2. The predicted molar refractivity (Wildman–Crippen MR) is 105 cm³/mol. The van der Waals surface area contributed by atoms with E-state index in [1.54, 1.807) is 19.5 Å². The molecular weight excluding hydrogens is 354 g/mol. The number of H-pyrrole nitrogens is 2. The van der Waals surface area contributed by atoms with Crippen LogP contribution < -0.4 is 4.74 Å². The smallest absolute Gasteiger partial charge is 0.160 e. The van der Waals surface area contributed by atoms with Crippen molar-refractivity contribution in [3.63, 3.8) is 0 Å². The first-order valence-electron chi connectivity index (χ1n) is 9.29. The Balaban J connectivity index is 1.54. The molecule has 0 saturated carbocycles. The largest absolute Gasteiger partial charge is 0.504 e. The third-order valence-electron chi connectivity index (χ3n) is 5.34. The van der Waals surface area contributed by atoms with Gasteiger partial charge in [-0.3, -0.25) is 4.90 Å². The van der Waals surface area contributed by atoms with Crippen molar-refractivity contribution >= 4 is 11.0 Å². The van der Waals surface area contributed by atoms with Crippen LogP contribution in [0.4, 0.5) is 0 Å². The minimum absolute atomic E-state index is 0.0438. The average Bonchev–Trinajstić information content (AvgIpc) is 3.34. The molecule has 1 aliphatic rings. The number of methoxy groups -OCH3 is 1. The molecule has 4 aromatic rings. The summed E-state index contributed by atoms with van der Waals surface area (Å²) < 4.78 is 5.32. The zero-order valence-electron chi connectivity index (χ0n) is 15.5. The van der Waals surface area contributed by atoms with Gasteiger partial charge in [0.1, 0.15) is 5.82 Å². The van der Waals surface area contributed by atoms with Gasteiger partial charge in [0.25, 0.3) is 0 Å². The van der Waals surface area contributed by atoms with Crippen LogP contribution in [-0.4, -0.2) is 43.6 Å². The summed E-state index contributed by atoms with van der Waals surface area (Å²) in [4.78, 5) is 18.4. The number of phenolic OH excluding ortho intramolecular Hbond substituents is 1. The van der Waals surface area contributed by atoms with Gasteiger partial charge in [-0.2, -0.15) is 0 Å². The first-order chi connectivity index (χ1) is 13.7. The lowest BCUT2D eigenvalue weighted by Crippen LogP contribution is -2.36. The first kappa shape index (κ1) is 16.8. The molecule has 0 radical (unpaired) electrons. The normalized spacial score (nSPS) is 17.0. The van der Waals surface area contributed by atoms with Crippen molar-refractivity contribution in [2.24, 2.45) is 0 Å². The Hall–Kier alpha value is -3.32. The number of nitrogens with zero attached hydrogens (tertiary/aromatic N) is 3. The molecule has 0 aliphatic carbocycles. The number of rotatable bonds is 4. The molecule has 3 heterocycles. The Labute approximate surface area is 162 Å². The van der Waals surface area contributed by atoms with E-state index in [2.05, 4.69) is 19.9 Å². The predicted octanol–water partition coefficient (Wildman–Crippen LogP) is 3.15. The molecule has 142 valence electrons. The molecule has 1 atom stereocenters. The van der Waals surface area contributed by atoms with Gasteiger partial charge in [-0.15, -0.1) is 0 Å². The van der Waals surface area contributed by atoms with E-state index in [1.807, 2.05) is 36.4 Å². The number of hydrogen-bond acceptors (Lipinski definition) is 5. The van der Waals surface area contributed by atoms with Gasteiger partial charge in [0.15, 0.2) is 11.5 Å². The van der Waals surface area contributed by atoms with E-state index in [0.717, 1.165) is 46.8 Å². The second-order valence-electron chi connectivity index (χ2n) is 7.02. The van der Waals surface area contributed by atoms with Crippen molar-refractivity contribution in [2.75, 3.05) is 13.7 Å². The minimum atomic E-state index is -0.0438. The summed E-state index contributed by atoms with van der Waals surface area (Å²) in [5.74, 6) is 1.52. The second-order valence-corrected chi connectivity index (χ2v) is 7.02. The van der Waals surface area contributed by atoms with Gasteiger partial charge >= 0.3 is 0 Å². The third kappa shape index (κ3) is 2.80. The van der Waals surface area contributed by atoms with Crippen LogP contribution in [0.2, 0.25) is 0 Å². The summed E-state index contributed by atoms with van der Waals surface area (Å²) in [5.41, 5.74) is 5.20. The number of hydrogen-bond donors (Lipinski definition) is 3. The lowest BCUT2D eigenvalue weighted by Gasteiger charge is -2.34. The van der Waals surface area contributed by atoms with Gasteiger partial charge in [0.05, 0.1) is 42.8 Å². The van der Waals surface area contributed by atoms with Crippen molar-refractivity contribution in [3.05, 3.63) is 71.6 Å². The number of nitrogens with one attached hydrogen (secondary N) is 2. The molecule has 3 N–H and O–H groups in total. The van der Waals surface area contributed by atoms with Crippen molar-refractivity contribution in [2.45, 2.75) is 19.0 Å². The van der Waals surface area contributed by atoms with Crippen molar-refractivity contribution < 1.29 is 9.84 Å². The molecule has 7 heteroatoms. The summed E-state index contributed by atoms with van der Waals surface area (Å²) in [7, 11) is 1.56.